The lowest BCUT2D eigenvalue weighted by Crippen LogP contribution is -2.91. The fraction of sp³-hybridized carbons (Fsp3) is 0.700. The highest BCUT2D eigenvalue weighted by molar-refractivity contribution is 5.87. The van der Waals surface area contributed by atoms with Crippen LogP contribution >= 0.6 is 0 Å². The maximum atomic E-state index is 13.5. The van der Waals surface area contributed by atoms with Crippen LogP contribution in [-0.2, 0) is 9.53 Å². The Morgan fingerprint density at radius 3 is 1.52 bits per heavy atom. The van der Waals surface area contributed by atoms with E-state index in [0.717, 1.165) is 0 Å². The molecule has 1 rings (SSSR count). The van der Waals surface area contributed by atoms with Crippen molar-refractivity contribution in [3.8, 4) is 0 Å². The first-order valence-corrected chi connectivity index (χ1v) is 5.29. The summed E-state index contributed by atoms with van der Waals surface area (Å²) in [6.07, 6.45) is -6.60. The summed E-state index contributed by atoms with van der Waals surface area (Å²) in [6.45, 7) is 3.25. The van der Waals surface area contributed by atoms with E-state index < -0.39 is 47.0 Å². The van der Waals surface area contributed by atoms with E-state index in [-0.39, 0.29) is 0 Å². The van der Waals surface area contributed by atoms with Gasteiger partial charge in [-0.15, -0.1) is 0 Å². The highest BCUT2D eigenvalue weighted by atomic mass is 19.4. The lowest BCUT2D eigenvalue weighted by Gasteiger charge is -2.56. The smallest absolute Gasteiger partial charge is 0.393 e. The molecule has 1 fully saturated rings. The highest BCUT2D eigenvalue weighted by Crippen LogP contribution is 2.74. The van der Waals surface area contributed by atoms with Gasteiger partial charge in [0, 0.05) is 5.57 Å². The summed E-state index contributed by atoms with van der Waals surface area (Å²) in [6, 6.07) is 0. The van der Waals surface area contributed by atoms with E-state index in [4.69, 9.17) is 0 Å². The SMILES string of the molecule is C=C(C)C(=O)OC(F)(F)C(F)(F)C1(F)C(F)(F)C(F)(F)C1(F)F. The van der Waals surface area contributed by atoms with Crippen molar-refractivity contribution in [3.63, 3.8) is 0 Å². The number of halogens is 11. The molecule has 1 saturated carbocycles. The predicted molar refractivity (Wildman–Crippen MR) is 49.5 cm³/mol. The number of rotatable bonds is 4. The summed E-state index contributed by atoms with van der Waals surface area (Å²) in [5.74, 6) is -30.0. The Morgan fingerprint density at radius 1 is 0.870 bits per heavy atom. The molecule has 0 aromatic rings. The van der Waals surface area contributed by atoms with E-state index in [1.165, 1.54) is 0 Å². The zero-order valence-electron chi connectivity index (χ0n) is 10.7. The molecule has 0 aliphatic heterocycles. The molecule has 13 heteroatoms. The molecule has 1 aliphatic carbocycles. The molecule has 1 aliphatic rings. The molecule has 0 amide bonds. The van der Waals surface area contributed by atoms with Crippen LogP contribution in [0.15, 0.2) is 12.2 Å². The van der Waals surface area contributed by atoms with Gasteiger partial charge in [-0.2, -0.15) is 43.9 Å². The minimum atomic E-state index is -7.19. The third kappa shape index (κ3) is 1.84. The standard InChI is InChI=1S/C10H5F11O2/c1-3(2)4(22)23-10(20,21)8(16,17)5(11)6(12,13)9(18,19)7(5,14)15/h1H2,2H3. The van der Waals surface area contributed by atoms with Crippen LogP contribution in [-0.4, -0.2) is 41.4 Å². The molecule has 0 aromatic heterocycles. The Balaban J connectivity index is 3.42. The molecule has 23 heavy (non-hydrogen) atoms. The summed E-state index contributed by atoms with van der Waals surface area (Å²) in [5, 5.41) is 0. The van der Waals surface area contributed by atoms with E-state index in [2.05, 4.69) is 11.3 Å². The van der Waals surface area contributed by atoms with Crippen LogP contribution in [0.4, 0.5) is 48.3 Å². The van der Waals surface area contributed by atoms with Gasteiger partial charge in [0.05, 0.1) is 0 Å². The van der Waals surface area contributed by atoms with Gasteiger partial charge in [-0.3, -0.25) is 0 Å². The van der Waals surface area contributed by atoms with Gasteiger partial charge in [-0.25, -0.2) is 9.18 Å². The second-order valence-corrected chi connectivity index (χ2v) is 4.64. The fourth-order valence-corrected chi connectivity index (χ4v) is 1.63. The summed E-state index contributed by atoms with van der Waals surface area (Å²) >= 11 is 0. The van der Waals surface area contributed by atoms with E-state index in [0.29, 0.717) is 6.92 Å². The van der Waals surface area contributed by atoms with Crippen LogP contribution < -0.4 is 0 Å². The molecule has 2 nitrogen and oxygen atoms in total. The van der Waals surface area contributed by atoms with Crippen molar-refractivity contribution in [2.45, 2.75) is 42.4 Å². The molecule has 0 spiro atoms. The van der Waals surface area contributed by atoms with E-state index in [1.54, 1.807) is 0 Å². The summed E-state index contributed by atoms with van der Waals surface area (Å²) in [5.41, 5.74) is -8.01. The third-order valence-corrected chi connectivity index (χ3v) is 3.02. The maximum absolute atomic E-state index is 13.5. The van der Waals surface area contributed by atoms with Crippen LogP contribution in [0.2, 0.25) is 0 Å². The number of carbonyl (C=O) groups is 1. The third-order valence-electron chi connectivity index (χ3n) is 3.02. The highest BCUT2D eigenvalue weighted by Gasteiger charge is 3.08. The van der Waals surface area contributed by atoms with Gasteiger partial charge >= 0.3 is 41.4 Å². The van der Waals surface area contributed by atoms with Crippen LogP contribution in [0, 0.1) is 0 Å². The van der Waals surface area contributed by atoms with Crippen molar-refractivity contribution >= 4 is 5.97 Å². The summed E-state index contributed by atoms with van der Waals surface area (Å²) in [7, 11) is 0. The molecule has 0 heterocycles. The Labute approximate surface area is 119 Å². The van der Waals surface area contributed by atoms with Gasteiger partial charge in [0.1, 0.15) is 0 Å². The monoisotopic (exact) mass is 366 g/mol. The van der Waals surface area contributed by atoms with Crippen LogP contribution in [0.25, 0.3) is 0 Å². The zero-order chi connectivity index (χ0) is 18.9. The Bertz CT molecular complexity index is 533. The van der Waals surface area contributed by atoms with E-state index in [1.807, 2.05) is 0 Å². The normalized spacial score (nSPS) is 24.5. The molecule has 0 aromatic carbocycles. The number of carbonyl (C=O) groups excluding carboxylic acids is 1. The minimum absolute atomic E-state index is 0.614. The Morgan fingerprint density at radius 2 is 1.22 bits per heavy atom. The first-order chi connectivity index (χ1) is 9.83. The molecule has 0 unspecified atom stereocenters. The molecular weight excluding hydrogens is 361 g/mol. The van der Waals surface area contributed by atoms with E-state index >= 15 is 0 Å². The van der Waals surface area contributed by atoms with Crippen LogP contribution in [0.3, 0.4) is 0 Å². The molecule has 0 N–H and O–H groups in total. The zero-order valence-corrected chi connectivity index (χ0v) is 10.7. The lowest BCUT2D eigenvalue weighted by atomic mass is 9.65. The van der Waals surface area contributed by atoms with Crippen molar-refractivity contribution in [2.24, 2.45) is 0 Å². The van der Waals surface area contributed by atoms with Gasteiger partial charge in [-0.1, -0.05) is 6.58 Å². The molecular formula is C10H5F11O2. The lowest BCUT2D eigenvalue weighted by molar-refractivity contribution is -0.531. The van der Waals surface area contributed by atoms with Crippen LogP contribution in [0.1, 0.15) is 6.92 Å². The van der Waals surface area contributed by atoms with E-state index in [9.17, 15) is 53.1 Å². The Kier molecular flexibility index (Phi) is 3.81. The number of alkyl halides is 11. The van der Waals surface area contributed by atoms with Crippen molar-refractivity contribution in [2.75, 3.05) is 0 Å². The number of hydrogen-bond donors (Lipinski definition) is 0. The minimum Gasteiger partial charge on any atom is -0.393 e. The van der Waals surface area contributed by atoms with Crippen molar-refractivity contribution in [3.05, 3.63) is 12.2 Å². The van der Waals surface area contributed by atoms with Gasteiger partial charge in [0.15, 0.2) is 0 Å². The number of ether oxygens (including phenoxy) is 1. The van der Waals surface area contributed by atoms with Crippen molar-refractivity contribution in [1.82, 2.24) is 0 Å². The quantitative estimate of drug-likeness (QED) is 0.428. The maximum Gasteiger partial charge on any atom is 0.470 e. The second-order valence-electron chi connectivity index (χ2n) is 4.64. The second kappa shape index (κ2) is 4.50. The molecule has 134 valence electrons. The van der Waals surface area contributed by atoms with Gasteiger partial charge in [0.2, 0.25) is 0 Å². The van der Waals surface area contributed by atoms with Gasteiger partial charge < -0.3 is 4.74 Å². The van der Waals surface area contributed by atoms with Crippen molar-refractivity contribution < 1.29 is 57.8 Å². The van der Waals surface area contributed by atoms with Crippen LogP contribution in [0.5, 0.6) is 0 Å². The average Bonchev–Trinajstić information content (AvgIpc) is 2.35. The first kappa shape index (κ1) is 19.5. The average molecular weight is 366 g/mol. The number of hydrogen-bond acceptors (Lipinski definition) is 2. The largest absolute Gasteiger partial charge is 0.470 e. The first-order valence-electron chi connectivity index (χ1n) is 5.29. The molecule has 0 saturated heterocycles. The molecule has 0 bridgehead atoms. The van der Waals surface area contributed by atoms with Gasteiger partial charge in [-0.05, 0) is 6.92 Å². The van der Waals surface area contributed by atoms with Crippen molar-refractivity contribution in [1.29, 1.82) is 0 Å². The Hall–Kier alpha value is -1.56. The van der Waals surface area contributed by atoms with Gasteiger partial charge in [0.25, 0.3) is 0 Å². The molecule has 0 atom stereocenters. The predicted octanol–water partition coefficient (Wildman–Crippen LogP) is 3.96. The number of esters is 1. The topological polar surface area (TPSA) is 26.3 Å². The fourth-order valence-electron chi connectivity index (χ4n) is 1.63. The summed E-state index contributed by atoms with van der Waals surface area (Å²) < 4.78 is 145. The summed E-state index contributed by atoms with van der Waals surface area (Å²) in [4.78, 5) is 10.7. The molecule has 0 radical (unpaired) electrons.